The van der Waals surface area contributed by atoms with Crippen LogP contribution in [0.3, 0.4) is 0 Å². The Kier molecular flexibility index (Phi) is 4.80. The van der Waals surface area contributed by atoms with Gasteiger partial charge in [0.2, 0.25) is 0 Å². The van der Waals surface area contributed by atoms with E-state index in [1.807, 2.05) is 19.1 Å². The summed E-state index contributed by atoms with van der Waals surface area (Å²) in [7, 11) is 3.44. The summed E-state index contributed by atoms with van der Waals surface area (Å²) in [5.41, 5.74) is -0.223. The molecule has 0 aliphatic carbocycles. The van der Waals surface area contributed by atoms with E-state index in [0.717, 1.165) is 16.6 Å². The molecule has 7 heteroatoms. The van der Waals surface area contributed by atoms with E-state index in [1.165, 1.54) is 0 Å². The van der Waals surface area contributed by atoms with Crippen molar-refractivity contribution >= 4 is 5.97 Å². The summed E-state index contributed by atoms with van der Waals surface area (Å²) in [6.45, 7) is 2.12. The second kappa shape index (κ2) is 6.62. The summed E-state index contributed by atoms with van der Waals surface area (Å²) in [6.07, 6.45) is 0.843. The van der Waals surface area contributed by atoms with Gasteiger partial charge >= 0.3 is 11.7 Å². The molecule has 0 aliphatic rings. The van der Waals surface area contributed by atoms with Crippen molar-refractivity contribution in [3.63, 3.8) is 0 Å². The van der Waals surface area contributed by atoms with E-state index in [1.54, 1.807) is 31.1 Å². The number of benzene rings is 1. The van der Waals surface area contributed by atoms with Crippen LogP contribution >= 0.6 is 0 Å². The topological polar surface area (TPSA) is 95.4 Å². The van der Waals surface area contributed by atoms with Gasteiger partial charge in [-0.2, -0.15) is 0 Å². The van der Waals surface area contributed by atoms with Gasteiger partial charge in [-0.1, -0.05) is 19.1 Å². The maximum Gasteiger partial charge on any atom is 0.352 e. The van der Waals surface area contributed by atoms with Crippen LogP contribution in [0.2, 0.25) is 0 Å². The molecule has 1 aromatic carbocycles. The van der Waals surface area contributed by atoms with Gasteiger partial charge in [-0.05, 0) is 38.2 Å². The highest BCUT2D eigenvalue weighted by Crippen LogP contribution is 2.08. The number of hydrogen-bond donors (Lipinski definition) is 2. The molecule has 2 rings (SSSR count). The second-order valence-corrected chi connectivity index (χ2v) is 5.49. The number of hydrogen-bond acceptors (Lipinski definition) is 4. The minimum Gasteiger partial charge on any atom is -0.477 e. The number of H-pyrrole nitrogens is 1. The Bertz CT molecular complexity index is 832. The average Bonchev–Trinajstić information content (AvgIpc) is 2.50. The lowest BCUT2D eigenvalue weighted by Gasteiger charge is -2.14. The van der Waals surface area contributed by atoms with Crippen LogP contribution in [-0.4, -0.2) is 39.6 Å². The standard InChI is InChI=1S/C16H19N3O4/c1-4-10-5-7-11(8-6-10)19-14(20)12(9-18(2)3)13(15(21)22)17-16(19)23/h5-8H,4,9H2,1-3H3,(H,17,23)(H,21,22). The summed E-state index contributed by atoms with van der Waals surface area (Å²) in [5.74, 6) is -1.33. The Morgan fingerprint density at radius 1 is 1.22 bits per heavy atom. The number of rotatable bonds is 5. The van der Waals surface area contributed by atoms with Gasteiger partial charge in [0.15, 0.2) is 0 Å². The molecular weight excluding hydrogens is 298 g/mol. The van der Waals surface area contributed by atoms with Crippen LogP contribution in [0.4, 0.5) is 0 Å². The van der Waals surface area contributed by atoms with Crippen molar-refractivity contribution in [2.24, 2.45) is 0 Å². The molecule has 2 N–H and O–H groups in total. The smallest absolute Gasteiger partial charge is 0.352 e. The van der Waals surface area contributed by atoms with E-state index < -0.39 is 17.2 Å². The number of carboxylic acid groups (broad SMARTS) is 1. The number of carbonyl (C=O) groups is 1. The lowest BCUT2D eigenvalue weighted by Crippen LogP contribution is -2.39. The SMILES string of the molecule is CCc1ccc(-n2c(=O)[nH]c(C(=O)O)c(CN(C)C)c2=O)cc1. The highest BCUT2D eigenvalue weighted by atomic mass is 16.4. The Labute approximate surface area is 132 Å². The zero-order chi connectivity index (χ0) is 17.1. The van der Waals surface area contributed by atoms with Gasteiger partial charge in [0.1, 0.15) is 5.69 Å². The van der Waals surface area contributed by atoms with Crippen LogP contribution in [0.15, 0.2) is 33.9 Å². The third kappa shape index (κ3) is 3.40. The first-order valence-corrected chi connectivity index (χ1v) is 7.20. The Morgan fingerprint density at radius 2 is 1.83 bits per heavy atom. The fraction of sp³-hybridized carbons (Fsp3) is 0.312. The zero-order valence-electron chi connectivity index (χ0n) is 13.3. The lowest BCUT2D eigenvalue weighted by molar-refractivity contribution is 0.0687. The predicted molar refractivity (Wildman–Crippen MR) is 86.4 cm³/mol. The van der Waals surface area contributed by atoms with Crippen LogP contribution in [0.5, 0.6) is 0 Å². The number of carboxylic acids is 1. The molecule has 0 unspecified atom stereocenters. The molecule has 23 heavy (non-hydrogen) atoms. The first-order valence-electron chi connectivity index (χ1n) is 7.20. The van der Waals surface area contributed by atoms with Crippen LogP contribution in [0, 0.1) is 0 Å². The molecule has 0 saturated carbocycles. The summed E-state index contributed by atoms with van der Waals surface area (Å²) in [4.78, 5) is 40.1. The third-order valence-corrected chi connectivity index (χ3v) is 3.49. The van der Waals surface area contributed by atoms with Crippen molar-refractivity contribution in [3.8, 4) is 5.69 Å². The average molecular weight is 317 g/mol. The van der Waals surface area contributed by atoms with Crippen LogP contribution in [-0.2, 0) is 13.0 Å². The molecule has 0 fully saturated rings. The summed E-state index contributed by atoms with van der Waals surface area (Å²) < 4.78 is 0.963. The van der Waals surface area contributed by atoms with Crippen molar-refractivity contribution in [3.05, 3.63) is 61.9 Å². The van der Waals surface area contributed by atoms with Crippen LogP contribution in [0.1, 0.15) is 28.5 Å². The molecule has 0 spiro atoms. The molecule has 0 amide bonds. The van der Waals surface area contributed by atoms with Crippen molar-refractivity contribution in [2.45, 2.75) is 19.9 Å². The minimum absolute atomic E-state index is 0.0432. The van der Waals surface area contributed by atoms with Gasteiger partial charge < -0.3 is 15.0 Å². The maximum atomic E-state index is 12.7. The number of aromatic amines is 1. The zero-order valence-corrected chi connectivity index (χ0v) is 13.3. The van der Waals surface area contributed by atoms with E-state index in [0.29, 0.717) is 5.69 Å². The minimum atomic E-state index is -1.33. The molecule has 0 atom stereocenters. The van der Waals surface area contributed by atoms with Gasteiger partial charge in [-0.3, -0.25) is 4.79 Å². The highest BCUT2D eigenvalue weighted by Gasteiger charge is 2.20. The maximum absolute atomic E-state index is 12.7. The Hall–Kier alpha value is -2.67. The van der Waals surface area contributed by atoms with E-state index in [9.17, 15) is 19.5 Å². The van der Waals surface area contributed by atoms with Gasteiger partial charge in [-0.15, -0.1) is 0 Å². The monoisotopic (exact) mass is 317 g/mol. The predicted octanol–water partition coefficient (Wildman–Crippen LogP) is 0.848. The van der Waals surface area contributed by atoms with Crippen molar-refractivity contribution in [2.75, 3.05) is 14.1 Å². The summed E-state index contributed by atoms with van der Waals surface area (Å²) >= 11 is 0. The van der Waals surface area contributed by atoms with Crippen molar-refractivity contribution < 1.29 is 9.90 Å². The third-order valence-electron chi connectivity index (χ3n) is 3.49. The van der Waals surface area contributed by atoms with Crippen molar-refractivity contribution in [1.29, 1.82) is 0 Å². The summed E-state index contributed by atoms with van der Waals surface area (Å²) in [5, 5.41) is 9.22. The van der Waals surface area contributed by atoms with E-state index >= 15 is 0 Å². The molecule has 1 aromatic heterocycles. The Balaban J connectivity index is 2.71. The van der Waals surface area contributed by atoms with Crippen LogP contribution < -0.4 is 11.2 Å². The van der Waals surface area contributed by atoms with Crippen molar-refractivity contribution in [1.82, 2.24) is 14.5 Å². The molecule has 122 valence electrons. The first kappa shape index (κ1) is 16.7. The van der Waals surface area contributed by atoms with Gasteiger partial charge in [0.05, 0.1) is 11.3 Å². The fourth-order valence-corrected chi connectivity index (χ4v) is 2.33. The molecule has 0 saturated heterocycles. The molecule has 0 bridgehead atoms. The quantitative estimate of drug-likeness (QED) is 0.852. The molecular formula is C16H19N3O4. The molecule has 2 aromatic rings. The fourth-order valence-electron chi connectivity index (χ4n) is 2.33. The number of aromatic carboxylic acids is 1. The van der Waals surface area contributed by atoms with E-state index in [-0.39, 0.29) is 17.8 Å². The normalized spacial score (nSPS) is 11.0. The van der Waals surface area contributed by atoms with Gasteiger partial charge in [0, 0.05) is 6.54 Å². The highest BCUT2D eigenvalue weighted by molar-refractivity contribution is 5.86. The number of aryl methyl sites for hydroxylation is 1. The summed E-state index contributed by atoms with van der Waals surface area (Å²) in [6, 6.07) is 7.01. The van der Waals surface area contributed by atoms with Gasteiger partial charge in [0.25, 0.3) is 5.56 Å². The molecule has 0 radical (unpaired) electrons. The first-order chi connectivity index (χ1) is 10.8. The Morgan fingerprint density at radius 3 is 2.30 bits per heavy atom. The second-order valence-electron chi connectivity index (χ2n) is 5.49. The molecule has 0 aliphatic heterocycles. The van der Waals surface area contributed by atoms with Gasteiger partial charge in [-0.25, -0.2) is 14.2 Å². The molecule has 7 nitrogen and oxygen atoms in total. The number of nitrogens with zero attached hydrogens (tertiary/aromatic N) is 2. The largest absolute Gasteiger partial charge is 0.477 e. The van der Waals surface area contributed by atoms with E-state index in [2.05, 4.69) is 4.98 Å². The number of nitrogens with one attached hydrogen (secondary N) is 1. The van der Waals surface area contributed by atoms with E-state index in [4.69, 9.17) is 0 Å². The number of aromatic nitrogens is 2. The van der Waals surface area contributed by atoms with Crippen LogP contribution in [0.25, 0.3) is 5.69 Å². The lowest BCUT2D eigenvalue weighted by atomic mass is 10.1. The molecule has 1 heterocycles.